The van der Waals surface area contributed by atoms with Gasteiger partial charge >= 0.3 is 0 Å². The van der Waals surface area contributed by atoms with Gasteiger partial charge < -0.3 is 5.32 Å². The molecule has 0 fully saturated rings. The molecular formula is C15H17F2N3S. The summed E-state index contributed by atoms with van der Waals surface area (Å²) in [6, 6.07) is 6.72. The van der Waals surface area contributed by atoms with Crippen LogP contribution in [0, 0.1) is 11.6 Å². The third-order valence-electron chi connectivity index (χ3n) is 2.95. The summed E-state index contributed by atoms with van der Waals surface area (Å²) in [7, 11) is 0. The largest absolute Gasteiger partial charge is 0.367 e. The average molecular weight is 309 g/mol. The molecule has 0 aliphatic rings. The SMILES string of the molecule is CCc1ncnc(NCCSCc2ccccc2F)c1F. The zero-order chi connectivity index (χ0) is 15.1. The van der Waals surface area contributed by atoms with Crippen LogP contribution in [0.4, 0.5) is 14.6 Å². The van der Waals surface area contributed by atoms with Crippen molar-refractivity contribution < 1.29 is 8.78 Å². The highest BCUT2D eigenvalue weighted by molar-refractivity contribution is 7.98. The molecule has 1 aromatic heterocycles. The van der Waals surface area contributed by atoms with E-state index in [1.807, 2.05) is 13.0 Å². The molecule has 0 aliphatic heterocycles. The molecule has 0 radical (unpaired) electrons. The Hall–Kier alpha value is -1.69. The first-order chi connectivity index (χ1) is 10.2. The monoisotopic (exact) mass is 309 g/mol. The van der Waals surface area contributed by atoms with Gasteiger partial charge in [-0.05, 0) is 18.1 Å². The van der Waals surface area contributed by atoms with Gasteiger partial charge in [0.05, 0.1) is 5.69 Å². The minimum Gasteiger partial charge on any atom is -0.367 e. The fraction of sp³-hybridized carbons (Fsp3) is 0.333. The Morgan fingerprint density at radius 3 is 2.76 bits per heavy atom. The van der Waals surface area contributed by atoms with Crippen LogP contribution in [-0.4, -0.2) is 22.3 Å². The van der Waals surface area contributed by atoms with E-state index in [4.69, 9.17) is 0 Å². The summed E-state index contributed by atoms with van der Waals surface area (Å²) >= 11 is 1.59. The van der Waals surface area contributed by atoms with Crippen molar-refractivity contribution in [2.45, 2.75) is 19.1 Å². The number of hydrogen-bond acceptors (Lipinski definition) is 4. The Morgan fingerprint density at radius 2 is 2.00 bits per heavy atom. The van der Waals surface area contributed by atoms with E-state index < -0.39 is 0 Å². The number of rotatable bonds is 7. The molecule has 3 nitrogen and oxygen atoms in total. The van der Waals surface area contributed by atoms with Gasteiger partial charge in [0.2, 0.25) is 0 Å². The van der Waals surface area contributed by atoms with Crippen LogP contribution in [0.1, 0.15) is 18.2 Å². The molecule has 2 aromatic rings. The Labute approximate surface area is 127 Å². The van der Waals surface area contributed by atoms with Gasteiger partial charge in [0.1, 0.15) is 12.1 Å². The van der Waals surface area contributed by atoms with Crippen LogP contribution in [0.2, 0.25) is 0 Å². The van der Waals surface area contributed by atoms with E-state index in [9.17, 15) is 8.78 Å². The average Bonchev–Trinajstić information content (AvgIpc) is 2.50. The first-order valence-corrected chi connectivity index (χ1v) is 7.92. The standard InChI is InChI=1S/C15H17F2N3S/c1-2-13-14(17)15(20-10-19-13)18-7-8-21-9-11-5-3-4-6-12(11)16/h3-6,10H,2,7-9H2,1H3,(H,18,19,20). The van der Waals surface area contributed by atoms with Crippen LogP contribution >= 0.6 is 11.8 Å². The smallest absolute Gasteiger partial charge is 0.186 e. The zero-order valence-corrected chi connectivity index (χ0v) is 12.6. The predicted molar refractivity (Wildman–Crippen MR) is 82.4 cm³/mol. The summed E-state index contributed by atoms with van der Waals surface area (Å²) in [5.41, 5.74) is 1.09. The Morgan fingerprint density at radius 1 is 1.19 bits per heavy atom. The second kappa shape index (κ2) is 7.93. The van der Waals surface area contributed by atoms with Crippen molar-refractivity contribution in [3.63, 3.8) is 0 Å². The van der Waals surface area contributed by atoms with Crippen molar-refractivity contribution in [2.24, 2.45) is 0 Å². The van der Waals surface area contributed by atoms with Gasteiger partial charge in [0.25, 0.3) is 0 Å². The maximum Gasteiger partial charge on any atom is 0.186 e. The first-order valence-electron chi connectivity index (χ1n) is 6.76. The van der Waals surface area contributed by atoms with E-state index in [1.54, 1.807) is 23.9 Å². The molecule has 6 heteroatoms. The number of aryl methyl sites for hydroxylation is 1. The maximum absolute atomic E-state index is 13.9. The third kappa shape index (κ3) is 4.39. The van der Waals surface area contributed by atoms with Gasteiger partial charge in [-0.25, -0.2) is 18.7 Å². The number of thioether (sulfide) groups is 1. The highest BCUT2D eigenvalue weighted by Crippen LogP contribution is 2.16. The number of anilines is 1. The topological polar surface area (TPSA) is 37.8 Å². The molecule has 0 unspecified atom stereocenters. The number of aromatic nitrogens is 2. The highest BCUT2D eigenvalue weighted by atomic mass is 32.2. The number of hydrogen-bond donors (Lipinski definition) is 1. The third-order valence-corrected chi connectivity index (χ3v) is 3.96. The second-order valence-corrected chi connectivity index (χ2v) is 5.51. The Bertz CT molecular complexity index is 593. The van der Waals surface area contributed by atoms with Crippen LogP contribution in [0.3, 0.4) is 0 Å². The normalized spacial score (nSPS) is 10.6. The van der Waals surface area contributed by atoms with Gasteiger partial charge in [-0.15, -0.1) is 0 Å². The summed E-state index contributed by atoms with van der Waals surface area (Å²) < 4.78 is 27.3. The molecule has 0 atom stereocenters. The Kier molecular flexibility index (Phi) is 5.92. The quantitative estimate of drug-likeness (QED) is 0.792. The molecule has 1 N–H and O–H groups in total. The summed E-state index contributed by atoms with van der Waals surface area (Å²) in [4.78, 5) is 7.77. The lowest BCUT2D eigenvalue weighted by Crippen LogP contribution is -2.10. The van der Waals surface area contributed by atoms with Gasteiger partial charge in [0.15, 0.2) is 11.6 Å². The first kappa shape index (κ1) is 15.7. The summed E-state index contributed by atoms with van der Waals surface area (Å²) in [6.45, 7) is 2.41. The lowest BCUT2D eigenvalue weighted by atomic mass is 10.2. The molecule has 21 heavy (non-hydrogen) atoms. The fourth-order valence-corrected chi connectivity index (χ4v) is 2.66. The molecule has 0 aliphatic carbocycles. The van der Waals surface area contributed by atoms with Crippen molar-refractivity contribution >= 4 is 17.6 Å². The van der Waals surface area contributed by atoms with Crippen molar-refractivity contribution in [2.75, 3.05) is 17.6 Å². The lowest BCUT2D eigenvalue weighted by molar-refractivity contribution is 0.597. The maximum atomic E-state index is 13.9. The summed E-state index contributed by atoms with van der Waals surface area (Å²) in [5.74, 6) is 0.986. The van der Waals surface area contributed by atoms with Crippen molar-refractivity contribution in [1.29, 1.82) is 0 Å². The van der Waals surface area contributed by atoms with Crippen LogP contribution in [-0.2, 0) is 12.2 Å². The molecular weight excluding hydrogens is 292 g/mol. The van der Waals surface area contributed by atoms with Crippen LogP contribution in [0.25, 0.3) is 0 Å². The summed E-state index contributed by atoms with van der Waals surface area (Å²) in [6.07, 6.45) is 1.89. The van der Waals surface area contributed by atoms with Gasteiger partial charge in [-0.2, -0.15) is 11.8 Å². The van der Waals surface area contributed by atoms with E-state index in [2.05, 4.69) is 15.3 Å². The van der Waals surface area contributed by atoms with Crippen molar-refractivity contribution in [3.8, 4) is 0 Å². The van der Waals surface area contributed by atoms with Crippen molar-refractivity contribution in [3.05, 3.63) is 53.5 Å². The molecule has 1 aromatic carbocycles. The van der Waals surface area contributed by atoms with E-state index in [0.717, 1.165) is 5.75 Å². The van der Waals surface area contributed by atoms with E-state index in [0.29, 0.717) is 30.0 Å². The van der Waals surface area contributed by atoms with Gasteiger partial charge in [-0.3, -0.25) is 0 Å². The van der Waals surface area contributed by atoms with Crippen molar-refractivity contribution in [1.82, 2.24) is 9.97 Å². The number of nitrogens with zero attached hydrogens (tertiary/aromatic N) is 2. The minimum absolute atomic E-state index is 0.188. The van der Waals surface area contributed by atoms with Crippen LogP contribution in [0.15, 0.2) is 30.6 Å². The highest BCUT2D eigenvalue weighted by Gasteiger charge is 2.08. The van der Waals surface area contributed by atoms with Crippen LogP contribution in [0.5, 0.6) is 0 Å². The second-order valence-electron chi connectivity index (χ2n) is 4.41. The van der Waals surface area contributed by atoms with Crippen LogP contribution < -0.4 is 5.32 Å². The fourth-order valence-electron chi connectivity index (χ4n) is 1.82. The lowest BCUT2D eigenvalue weighted by Gasteiger charge is -2.08. The molecule has 0 saturated carbocycles. The predicted octanol–water partition coefficient (Wildman–Crippen LogP) is 3.66. The number of benzene rings is 1. The van der Waals surface area contributed by atoms with E-state index >= 15 is 0 Å². The Balaban J connectivity index is 1.77. The molecule has 0 amide bonds. The molecule has 0 saturated heterocycles. The summed E-state index contributed by atoms with van der Waals surface area (Å²) in [5, 5.41) is 2.95. The van der Waals surface area contributed by atoms with Gasteiger partial charge in [-0.1, -0.05) is 25.1 Å². The molecule has 1 heterocycles. The minimum atomic E-state index is -0.390. The van der Waals surface area contributed by atoms with E-state index in [-0.39, 0.29) is 17.5 Å². The van der Waals surface area contributed by atoms with E-state index in [1.165, 1.54) is 12.4 Å². The number of nitrogens with one attached hydrogen (secondary N) is 1. The molecule has 0 bridgehead atoms. The molecule has 0 spiro atoms. The van der Waals surface area contributed by atoms with Gasteiger partial charge in [0, 0.05) is 18.1 Å². The zero-order valence-electron chi connectivity index (χ0n) is 11.8. The molecule has 2 rings (SSSR count). The molecule has 112 valence electrons. The number of halogens is 2.